The summed E-state index contributed by atoms with van der Waals surface area (Å²) in [6.07, 6.45) is 1.87. The van der Waals surface area contributed by atoms with E-state index in [-0.39, 0.29) is 5.82 Å². The van der Waals surface area contributed by atoms with Crippen LogP contribution < -0.4 is 5.32 Å². The quantitative estimate of drug-likeness (QED) is 0.765. The molecule has 1 unspecified atom stereocenters. The summed E-state index contributed by atoms with van der Waals surface area (Å²) in [6, 6.07) is 13.2. The summed E-state index contributed by atoms with van der Waals surface area (Å²) in [5.74, 6) is 0.232. The van der Waals surface area contributed by atoms with Gasteiger partial charge in [-0.05, 0) is 83.7 Å². The fourth-order valence-corrected chi connectivity index (χ4v) is 3.01. The second-order valence-corrected chi connectivity index (χ2v) is 6.50. The first-order chi connectivity index (χ1) is 10.1. The highest BCUT2D eigenvalue weighted by Gasteiger charge is 2.11. The molecule has 0 heterocycles. The summed E-state index contributed by atoms with van der Waals surface area (Å²) in [5.41, 5.74) is 2.40. The van der Waals surface area contributed by atoms with Gasteiger partial charge >= 0.3 is 0 Å². The molecule has 0 aliphatic rings. The highest BCUT2D eigenvalue weighted by Crippen LogP contribution is 2.21. The van der Waals surface area contributed by atoms with E-state index in [0.717, 1.165) is 30.0 Å². The third kappa shape index (κ3) is 5.10. The molecule has 2 aromatic rings. The molecule has 0 radical (unpaired) electrons. The molecule has 0 aliphatic heterocycles. The molecule has 2 aromatic carbocycles. The first kappa shape index (κ1) is 16.5. The molecular formula is C17H18BrClFN. The number of nitrogens with one attached hydrogen (secondary N) is 1. The SMILES string of the molecule is CNCC(Cc1ccc(Cl)cc1)Cc1ccc(F)c(Br)c1. The topological polar surface area (TPSA) is 12.0 Å². The lowest BCUT2D eigenvalue weighted by Crippen LogP contribution is -2.22. The molecule has 1 nitrogen and oxygen atoms in total. The molecule has 2 rings (SSSR count). The van der Waals surface area contributed by atoms with E-state index in [1.165, 1.54) is 11.6 Å². The molecule has 0 fully saturated rings. The van der Waals surface area contributed by atoms with E-state index >= 15 is 0 Å². The van der Waals surface area contributed by atoms with Gasteiger partial charge in [0.1, 0.15) is 5.82 Å². The molecule has 1 N–H and O–H groups in total. The Labute approximate surface area is 138 Å². The lowest BCUT2D eigenvalue weighted by Gasteiger charge is -2.17. The van der Waals surface area contributed by atoms with Crippen LogP contribution in [-0.2, 0) is 12.8 Å². The minimum Gasteiger partial charge on any atom is -0.319 e. The van der Waals surface area contributed by atoms with E-state index in [4.69, 9.17) is 11.6 Å². The summed E-state index contributed by atoms with van der Waals surface area (Å²) in [7, 11) is 1.95. The molecule has 0 saturated heterocycles. The molecule has 0 spiro atoms. The third-order valence-corrected chi connectivity index (χ3v) is 4.30. The summed E-state index contributed by atoms with van der Waals surface area (Å²) in [4.78, 5) is 0. The van der Waals surface area contributed by atoms with E-state index < -0.39 is 0 Å². The van der Waals surface area contributed by atoms with Crippen LogP contribution in [0.5, 0.6) is 0 Å². The monoisotopic (exact) mass is 369 g/mol. The van der Waals surface area contributed by atoms with Gasteiger partial charge in [0.25, 0.3) is 0 Å². The zero-order valence-electron chi connectivity index (χ0n) is 11.9. The van der Waals surface area contributed by atoms with Gasteiger partial charge in [-0.2, -0.15) is 0 Å². The van der Waals surface area contributed by atoms with Gasteiger partial charge in [0.2, 0.25) is 0 Å². The predicted octanol–water partition coefficient (Wildman–Crippen LogP) is 4.86. The van der Waals surface area contributed by atoms with Crippen LogP contribution in [0, 0.1) is 11.7 Å². The maximum absolute atomic E-state index is 13.3. The Morgan fingerprint density at radius 3 is 2.33 bits per heavy atom. The second-order valence-electron chi connectivity index (χ2n) is 5.21. The summed E-state index contributed by atoms with van der Waals surface area (Å²) < 4.78 is 13.8. The maximum atomic E-state index is 13.3. The number of rotatable bonds is 6. The lowest BCUT2D eigenvalue weighted by molar-refractivity contribution is 0.492. The lowest BCUT2D eigenvalue weighted by atomic mass is 9.92. The van der Waals surface area contributed by atoms with E-state index in [1.807, 2.05) is 31.3 Å². The average Bonchev–Trinajstić information content (AvgIpc) is 2.46. The van der Waals surface area contributed by atoms with Crippen molar-refractivity contribution in [1.82, 2.24) is 5.32 Å². The largest absolute Gasteiger partial charge is 0.319 e. The molecule has 4 heteroatoms. The van der Waals surface area contributed by atoms with Crippen LogP contribution in [0.25, 0.3) is 0 Å². The highest BCUT2D eigenvalue weighted by molar-refractivity contribution is 9.10. The zero-order chi connectivity index (χ0) is 15.2. The number of hydrogen-bond acceptors (Lipinski definition) is 1. The minimum absolute atomic E-state index is 0.221. The van der Waals surface area contributed by atoms with E-state index in [9.17, 15) is 4.39 Å². The van der Waals surface area contributed by atoms with Gasteiger partial charge in [-0.1, -0.05) is 29.8 Å². The standard InChI is InChI=1S/C17H18BrClFN/c1-21-11-14(8-12-2-5-15(19)6-3-12)9-13-4-7-17(20)16(18)10-13/h2-7,10,14,21H,8-9,11H2,1H3. The Bertz CT molecular complexity index is 586. The van der Waals surface area contributed by atoms with E-state index in [2.05, 4.69) is 33.4 Å². The van der Waals surface area contributed by atoms with Crippen LogP contribution >= 0.6 is 27.5 Å². The van der Waals surface area contributed by atoms with Crippen molar-refractivity contribution in [2.24, 2.45) is 5.92 Å². The van der Waals surface area contributed by atoms with Crippen LogP contribution in [0.3, 0.4) is 0 Å². The van der Waals surface area contributed by atoms with E-state index in [0.29, 0.717) is 10.4 Å². The molecule has 0 amide bonds. The Hall–Kier alpha value is -0.900. The minimum atomic E-state index is -0.221. The molecule has 0 aromatic heterocycles. The summed E-state index contributed by atoms with van der Waals surface area (Å²) in [6.45, 7) is 0.914. The molecular weight excluding hydrogens is 353 g/mol. The van der Waals surface area contributed by atoms with Gasteiger partial charge in [0.15, 0.2) is 0 Å². The van der Waals surface area contributed by atoms with Crippen molar-refractivity contribution in [2.45, 2.75) is 12.8 Å². The van der Waals surface area contributed by atoms with Crippen molar-refractivity contribution in [1.29, 1.82) is 0 Å². The fraction of sp³-hybridized carbons (Fsp3) is 0.294. The predicted molar refractivity (Wildman–Crippen MR) is 90.4 cm³/mol. The summed E-state index contributed by atoms with van der Waals surface area (Å²) >= 11 is 9.16. The van der Waals surface area contributed by atoms with Crippen molar-refractivity contribution in [3.05, 3.63) is 68.9 Å². The highest BCUT2D eigenvalue weighted by atomic mass is 79.9. The Balaban J connectivity index is 2.07. The normalized spacial score (nSPS) is 12.4. The maximum Gasteiger partial charge on any atom is 0.137 e. The molecule has 0 bridgehead atoms. The van der Waals surface area contributed by atoms with E-state index in [1.54, 1.807) is 0 Å². The van der Waals surface area contributed by atoms with Crippen molar-refractivity contribution in [3.63, 3.8) is 0 Å². The van der Waals surface area contributed by atoms with Crippen LogP contribution in [0.1, 0.15) is 11.1 Å². The van der Waals surface area contributed by atoms with Crippen molar-refractivity contribution < 1.29 is 4.39 Å². The third-order valence-electron chi connectivity index (χ3n) is 3.44. The fourth-order valence-electron chi connectivity index (χ4n) is 2.46. The zero-order valence-corrected chi connectivity index (χ0v) is 14.2. The van der Waals surface area contributed by atoms with Gasteiger partial charge in [0.05, 0.1) is 4.47 Å². The Kier molecular flexibility index (Phi) is 6.22. The first-order valence-corrected chi connectivity index (χ1v) is 8.08. The number of benzene rings is 2. The number of hydrogen-bond donors (Lipinski definition) is 1. The first-order valence-electron chi connectivity index (χ1n) is 6.91. The molecule has 0 saturated carbocycles. The second kappa shape index (κ2) is 7.92. The van der Waals surface area contributed by atoms with Crippen molar-refractivity contribution in [2.75, 3.05) is 13.6 Å². The van der Waals surface area contributed by atoms with Crippen molar-refractivity contribution in [3.8, 4) is 0 Å². The molecule has 21 heavy (non-hydrogen) atoms. The van der Waals surface area contributed by atoms with Crippen LogP contribution in [0.15, 0.2) is 46.9 Å². The molecule has 0 aliphatic carbocycles. The van der Waals surface area contributed by atoms with Gasteiger partial charge in [-0.3, -0.25) is 0 Å². The Morgan fingerprint density at radius 2 is 1.71 bits per heavy atom. The smallest absolute Gasteiger partial charge is 0.137 e. The summed E-state index contributed by atoms with van der Waals surface area (Å²) in [5, 5.41) is 3.99. The van der Waals surface area contributed by atoms with Gasteiger partial charge in [-0.15, -0.1) is 0 Å². The molecule has 112 valence electrons. The van der Waals surface area contributed by atoms with Crippen LogP contribution in [0.2, 0.25) is 5.02 Å². The number of halogens is 3. The van der Waals surface area contributed by atoms with Crippen LogP contribution in [-0.4, -0.2) is 13.6 Å². The van der Waals surface area contributed by atoms with Crippen molar-refractivity contribution >= 4 is 27.5 Å². The van der Waals surface area contributed by atoms with Crippen LogP contribution in [0.4, 0.5) is 4.39 Å². The molecule has 1 atom stereocenters. The Morgan fingerprint density at radius 1 is 1.10 bits per heavy atom. The van der Waals surface area contributed by atoms with Gasteiger partial charge < -0.3 is 5.32 Å². The van der Waals surface area contributed by atoms with Gasteiger partial charge in [-0.25, -0.2) is 4.39 Å². The average molecular weight is 371 g/mol. The van der Waals surface area contributed by atoms with Gasteiger partial charge in [0, 0.05) is 5.02 Å².